The summed E-state index contributed by atoms with van der Waals surface area (Å²) in [5.74, 6) is -0.666. The first-order chi connectivity index (χ1) is 10.1. The zero-order valence-corrected chi connectivity index (χ0v) is 11.8. The Hall–Kier alpha value is -2.26. The molecular formula is C17H11ClFNO. The van der Waals surface area contributed by atoms with Crippen LogP contribution in [-0.4, -0.2) is 10.8 Å². The molecule has 0 unspecified atom stereocenters. The summed E-state index contributed by atoms with van der Waals surface area (Å²) in [5.41, 5.74) is 0.634. The SMILES string of the molecule is O=C(Cc1cc(Cl)ccc1F)c1nccc2ccccc12. The van der Waals surface area contributed by atoms with Gasteiger partial charge in [0, 0.05) is 23.0 Å². The normalized spacial score (nSPS) is 10.8. The Balaban J connectivity index is 1.99. The molecule has 0 N–H and O–H groups in total. The maximum absolute atomic E-state index is 13.7. The van der Waals surface area contributed by atoms with Crippen molar-refractivity contribution in [1.82, 2.24) is 4.98 Å². The molecule has 3 rings (SSSR count). The second kappa shape index (κ2) is 5.62. The van der Waals surface area contributed by atoms with E-state index in [4.69, 9.17) is 11.6 Å². The maximum atomic E-state index is 13.7. The van der Waals surface area contributed by atoms with Gasteiger partial charge in [0.25, 0.3) is 0 Å². The van der Waals surface area contributed by atoms with Gasteiger partial charge in [-0.1, -0.05) is 35.9 Å². The fraction of sp³-hybridized carbons (Fsp3) is 0.0588. The fourth-order valence-corrected chi connectivity index (χ4v) is 2.47. The number of ketones is 1. The summed E-state index contributed by atoms with van der Waals surface area (Å²) in [4.78, 5) is 16.6. The lowest BCUT2D eigenvalue weighted by Gasteiger charge is -2.06. The van der Waals surface area contributed by atoms with Gasteiger partial charge in [-0.05, 0) is 35.2 Å². The lowest BCUT2D eigenvalue weighted by atomic mass is 10.0. The lowest BCUT2D eigenvalue weighted by Crippen LogP contribution is -2.08. The van der Waals surface area contributed by atoms with Crippen molar-refractivity contribution in [2.45, 2.75) is 6.42 Å². The van der Waals surface area contributed by atoms with Gasteiger partial charge in [0.05, 0.1) is 0 Å². The minimum Gasteiger partial charge on any atom is -0.292 e. The first-order valence-electron chi connectivity index (χ1n) is 6.46. The van der Waals surface area contributed by atoms with E-state index in [1.54, 1.807) is 6.20 Å². The summed E-state index contributed by atoms with van der Waals surface area (Å²) in [6.07, 6.45) is 1.53. The van der Waals surface area contributed by atoms with E-state index in [0.717, 1.165) is 10.8 Å². The van der Waals surface area contributed by atoms with Crippen LogP contribution in [0.2, 0.25) is 5.02 Å². The van der Waals surface area contributed by atoms with Crippen LogP contribution in [0, 0.1) is 5.82 Å². The molecule has 104 valence electrons. The minimum atomic E-state index is -0.437. The van der Waals surface area contributed by atoms with Crippen LogP contribution in [0.25, 0.3) is 10.8 Å². The van der Waals surface area contributed by atoms with Crippen LogP contribution < -0.4 is 0 Å². The summed E-state index contributed by atoms with van der Waals surface area (Å²) in [6.45, 7) is 0. The summed E-state index contributed by atoms with van der Waals surface area (Å²) in [6, 6.07) is 13.5. The van der Waals surface area contributed by atoms with Gasteiger partial charge in [-0.3, -0.25) is 9.78 Å². The molecule has 0 amide bonds. The highest BCUT2D eigenvalue weighted by atomic mass is 35.5. The Morgan fingerprint density at radius 3 is 2.81 bits per heavy atom. The highest BCUT2D eigenvalue weighted by Gasteiger charge is 2.14. The Bertz CT molecular complexity index is 827. The largest absolute Gasteiger partial charge is 0.292 e. The van der Waals surface area contributed by atoms with Crippen molar-refractivity contribution in [3.05, 3.63) is 76.8 Å². The third-order valence-electron chi connectivity index (χ3n) is 3.30. The first-order valence-corrected chi connectivity index (χ1v) is 6.84. The molecule has 0 spiro atoms. The lowest BCUT2D eigenvalue weighted by molar-refractivity contribution is 0.0989. The highest BCUT2D eigenvalue weighted by molar-refractivity contribution is 6.30. The van der Waals surface area contributed by atoms with E-state index in [1.165, 1.54) is 18.2 Å². The fourth-order valence-electron chi connectivity index (χ4n) is 2.28. The van der Waals surface area contributed by atoms with Crippen LogP contribution in [0.4, 0.5) is 4.39 Å². The van der Waals surface area contributed by atoms with Gasteiger partial charge in [0.15, 0.2) is 5.78 Å². The van der Waals surface area contributed by atoms with E-state index >= 15 is 0 Å². The Labute approximate surface area is 126 Å². The molecule has 1 heterocycles. The monoisotopic (exact) mass is 299 g/mol. The second-order valence-electron chi connectivity index (χ2n) is 4.72. The van der Waals surface area contributed by atoms with Crippen molar-refractivity contribution >= 4 is 28.2 Å². The Morgan fingerprint density at radius 1 is 1.14 bits per heavy atom. The summed E-state index contributed by atoms with van der Waals surface area (Å²) < 4.78 is 13.7. The molecule has 2 aromatic carbocycles. The molecule has 0 aliphatic rings. The molecule has 0 aliphatic heterocycles. The van der Waals surface area contributed by atoms with Gasteiger partial charge < -0.3 is 0 Å². The molecule has 4 heteroatoms. The average molecular weight is 300 g/mol. The Morgan fingerprint density at radius 2 is 1.95 bits per heavy atom. The molecule has 3 aromatic rings. The minimum absolute atomic E-state index is 0.0621. The van der Waals surface area contributed by atoms with E-state index in [-0.39, 0.29) is 17.8 Å². The number of carbonyl (C=O) groups excluding carboxylic acids is 1. The quantitative estimate of drug-likeness (QED) is 0.669. The molecule has 0 bridgehead atoms. The first kappa shape index (κ1) is 13.7. The molecule has 0 fully saturated rings. The number of nitrogens with zero attached hydrogens (tertiary/aromatic N) is 1. The number of carbonyl (C=O) groups is 1. The number of rotatable bonds is 3. The smallest absolute Gasteiger partial charge is 0.186 e. The molecule has 0 atom stereocenters. The van der Waals surface area contributed by atoms with Crippen molar-refractivity contribution in [2.75, 3.05) is 0 Å². The highest BCUT2D eigenvalue weighted by Crippen LogP contribution is 2.20. The van der Waals surface area contributed by atoms with Gasteiger partial charge in [-0.15, -0.1) is 0 Å². The van der Waals surface area contributed by atoms with Crippen LogP contribution >= 0.6 is 11.6 Å². The molecular weight excluding hydrogens is 289 g/mol. The number of halogens is 2. The van der Waals surface area contributed by atoms with Crippen molar-refractivity contribution in [1.29, 1.82) is 0 Å². The van der Waals surface area contributed by atoms with Crippen LogP contribution in [0.15, 0.2) is 54.7 Å². The van der Waals surface area contributed by atoms with Crippen molar-refractivity contribution < 1.29 is 9.18 Å². The molecule has 0 radical (unpaired) electrons. The van der Waals surface area contributed by atoms with Gasteiger partial charge in [0.2, 0.25) is 0 Å². The van der Waals surface area contributed by atoms with Gasteiger partial charge in [-0.2, -0.15) is 0 Å². The maximum Gasteiger partial charge on any atom is 0.186 e. The van der Waals surface area contributed by atoms with Gasteiger partial charge in [0.1, 0.15) is 11.5 Å². The molecule has 0 saturated heterocycles. The number of Topliss-reactive ketones (excluding diaryl/α,β-unsaturated/α-hetero) is 1. The van der Waals surface area contributed by atoms with E-state index in [0.29, 0.717) is 10.7 Å². The number of aromatic nitrogens is 1. The number of benzene rings is 2. The molecule has 1 aromatic heterocycles. The van der Waals surface area contributed by atoms with Crippen molar-refractivity contribution in [3.63, 3.8) is 0 Å². The predicted octanol–water partition coefficient (Wildman–Crippen LogP) is 4.45. The van der Waals surface area contributed by atoms with Gasteiger partial charge in [-0.25, -0.2) is 4.39 Å². The number of fused-ring (bicyclic) bond motifs is 1. The van der Waals surface area contributed by atoms with E-state index < -0.39 is 5.82 Å². The standard InChI is InChI=1S/C17H11ClFNO/c18-13-5-6-15(19)12(9-13)10-16(21)17-14-4-2-1-3-11(14)7-8-20-17/h1-9H,10H2. The molecule has 2 nitrogen and oxygen atoms in total. The van der Waals surface area contributed by atoms with Crippen LogP contribution in [0.1, 0.15) is 16.1 Å². The summed E-state index contributed by atoms with van der Waals surface area (Å²) >= 11 is 5.85. The third kappa shape index (κ3) is 2.78. The van der Waals surface area contributed by atoms with Crippen molar-refractivity contribution in [2.24, 2.45) is 0 Å². The number of hydrogen-bond acceptors (Lipinski definition) is 2. The van der Waals surface area contributed by atoms with Crippen LogP contribution in [-0.2, 0) is 6.42 Å². The van der Waals surface area contributed by atoms with E-state index in [9.17, 15) is 9.18 Å². The topological polar surface area (TPSA) is 30.0 Å². The number of hydrogen-bond donors (Lipinski definition) is 0. The second-order valence-corrected chi connectivity index (χ2v) is 5.15. The third-order valence-corrected chi connectivity index (χ3v) is 3.53. The summed E-state index contributed by atoms with van der Waals surface area (Å²) in [5, 5.41) is 2.11. The van der Waals surface area contributed by atoms with Crippen molar-refractivity contribution in [3.8, 4) is 0 Å². The van der Waals surface area contributed by atoms with E-state index in [2.05, 4.69) is 4.98 Å². The Kier molecular flexibility index (Phi) is 3.67. The average Bonchev–Trinajstić information content (AvgIpc) is 2.50. The summed E-state index contributed by atoms with van der Waals surface area (Å²) in [7, 11) is 0. The van der Waals surface area contributed by atoms with Crippen LogP contribution in [0.3, 0.4) is 0 Å². The zero-order chi connectivity index (χ0) is 14.8. The van der Waals surface area contributed by atoms with E-state index in [1.807, 2.05) is 30.3 Å². The zero-order valence-electron chi connectivity index (χ0n) is 11.0. The van der Waals surface area contributed by atoms with Crippen LogP contribution in [0.5, 0.6) is 0 Å². The number of pyridine rings is 1. The molecule has 21 heavy (non-hydrogen) atoms. The predicted molar refractivity (Wildman–Crippen MR) is 81.2 cm³/mol. The molecule has 0 saturated carbocycles. The molecule has 0 aliphatic carbocycles. The van der Waals surface area contributed by atoms with Gasteiger partial charge >= 0.3 is 0 Å².